The Morgan fingerprint density at radius 3 is 2.61 bits per heavy atom. The third-order valence-electron chi connectivity index (χ3n) is 4.93. The first-order valence-electron chi connectivity index (χ1n) is 9.17. The van der Waals surface area contributed by atoms with Crippen molar-refractivity contribution in [2.24, 2.45) is 0 Å². The maximum Gasteiger partial charge on any atom is 0.205 e. The molecule has 0 amide bonds. The van der Waals surface area contributed by atoms with Crippen molar-refractivity contribution in [1.29, 1.82) is 0 Å². The summed E-state index contributed by atoms with van der Waals surface area (Å²) in [6, 6.07) is 4.83. The SMILES string of the molecule is CC(C)=CCc1c(O)cc2oc3ccc4c(c3c(=O)c2c1O)C=CC(C)(C)O4. The predicted octanol–water partition coefficient (Wildman–Crippen LogP) is 5.05. The first-order chi connectivity index (χ1) is 13.2. The maximum absolute atomic E-state index is 13.3. The minimum Gasteiger partial charge on any atom is -0.507 e. The van der Waals surface area contributed by atoms with E-state index in [0.29, 0.717) is 34.3 Å². The molecular formula is C23H22O5. The monoisotopic (exact) mass is 378 g/mol. The molecule has 0 saturated carbocycles. The molecule has 0 radical (unpaired) electrons. The molecule has 5 nitrogen and oxygen atoms in total. The van der Waals surface area contributed by atoms with Gasteiger partial charge in [0.2, 0.25) is 5.43 Å². The lowest BCUT2D eigenvalue weighted by molar-refractivity contribution is 0.159. The van der Waals surface area contributed by atoms with E-state index in [2.05, 4.69) is 0 Å². The first-order valence-corrected chi connectivity index (χ1v) is 9.17. The molecule has 3 aromatic rings. The topological polar surface area (TPSA) is 79.9 Å². The summed E-state index contributed by atoms with van der Waals surface area (Å²) in [5, 5.41) is 21.5. The molecule has 0 aliphatic carbocycles. The molecule has 0 saturated heterocycles. The summed E-state index contributed by atoms with van der Waals surface area (Å²) in [4.78, 5) is 13.3. The molecule has 4 rings (SSSR count). The zero-order valence-corrected chi connectivity index (χ0v) is 16.3. The van der Waals surface area contributed by atoms with Crippen LogP contribution in [0, 0.1) is 0 Å². The van der Waals surface area contributed by atoms with Crippen molar-refractivity contribution in [3.8, 4) is 17.2 Å². The molecule has 0 unspecified atom stereocenters. The van der Waals surface area contributed by atoms with E-state index in [1.807, 2.05) is 45.9 Å². The largest absolute Gasteiger partial charge is 0.507 e. The van der Waals surface area contributed by atoms with Gasteiger partial charge in [0.15, 0.2) is 0 Å². The van der Waals surface area contributed by atoms with Crippen molar-refractivity contribution < 1.29 is 19.4 Å². The van der Waals surface area contributed by atoms with E-state index in [4.69, 9.17) is 9.15 Å². The molecule has 28 heavy (non-hydrogen) atoms. The van der Waals surface area contributed by atoms with Crippen LogP contribution >= 0.6 is 0 Å². The van der Waals surface area contributed by atoms with Gasteiger partial charge in [0.1, 0.15) is 39.4 Å². The normalized spacial score (nSPS) is 14.7. The smallest absolute Gasteiger partial charge is 0.205 e. The highest BCUT2D eigenvalue weighted by molar-refractivity contribution is 5.99. The van der Waals surface area contributed by atoms with Crippen molar-refractivity contribution in [3.63, 3.8) is 0 Å². The predicted molar refractivity (Wildman–Crippen MR) is 110 cm³/mol. The molecule has 1 aliphatic rings. The fraction of sp³-hybridized carbons (Fsp3) is 0.261. The van der Waals surface area contributed by atoms with Crippen LogP contribution in [0.15, 0.2) is 45.1 Å². The summed E-state index contributed by atoms with van der Waals surface area (Å²) in [5.74, 6) is 0.240. The zero-order valence-electron chi connectivity index (χ0n) is 16.3. The van der Waals surface area contributed by atoms with E-state index in [1.54, 1.807) is 12.1 Å². The van der Waals surface area contributed by atoms with Crippen molar-refractivity contribution in [2.75, 3.05) is 0 Å². The molecule has 0 atom stereocenters. The quantitative estimate of drug-likeness (QED) is 0.482. The van der Waals surface area contributed by atoms with Crippen LogP contribution in [-0.2, 0) is 6.42 Å². The fourth-order valence-corrected chi connectivity index (χ4v) is 3.48. The Morgan fingerprint density at radius 1 is 1.14 bits per heavy atom. The van der Waals surface area contributed by atoms with Crippen LogP contribution < -0.4 is 10.2 Å². The lowest BCUT2D eigenvalue weighted by Crippen LogP contribution is -2.27. The van der Waals surface area contributed by atoms with Crippen LogP contribution in [0.2, 0.25) is 0 Å². The molecule has 0 fully saturated rings. The third kappa shape index (κ3) is 2.83. The number of phenolic OH excluding ortho intramolecular Hbond substituents is 2. The average Bonchev–Trinajstić information content (AvgIpc) is 2.59. The zero-order chi connectivity index (χ0) is 20.2. The van der Waals surface area contributed by atoms with Gasteiger partial charge in [-0.1, -0.05) is 17.7 Å². The number of hydrogen-bond acceptors (Lipinski definition) is 5. The molecule has 2 heterocycles. The molecule has 144 valence electrons. The van der Waals surface area contributed by atoms with Gasteiger partial charge in [0.25, 0.3) is 0 Å². The number of rotatable bonds is 2. The van der Waals surface area contributed by atoms with E-state index in [1.165, 1.54) is 6.07 Å². The second-order valence-electron chi connectivity index (χ2n) is 7.90. The Balaban J connectivity index is 2.06. The highest BCUT2D eigenvalue weighted by Gasteiger charge is 2.26. The number of allylic oxidation sites excluding steroid dienone is 2. The minimum atomic E-state index is -0.469. The number of ether oxygens (including phenoxy) is 1. The number of aromatic hydroxyl groups is 2. The fourth-order valence-electron chi connectivity index (χ4n) is 3.48. The second kappa shape index (κ2) is 6.16. The van der Waals surface area contributed by atoms with Crippen molar-refractivity contribution in [1.82, 2.24) is 0 Å². The van der Waals surface area contributed by atoms with Gasteiger partial charge in [0, 0.05) is 17.2 Å². The molecule has 1 aromatic heterocycles. The molecule has 5 heteroatoms. The highest BCUT2D eigenvalue weighted by atomic mass is 16.5. The Morgan fingerprint density at radius 2 is 1.89 bits per heavy atom. The van der Waals surface area contributed by atoms with Crippen LogP contribution in [0.25, 0.3) is 28.0 Å². The summed E-state index contributed by atoms with van der Waals surface area (Å²) in [7, 11) is 0. The Bertz CT molecular complexity index is 1240. The molecule has 1 aliphatic heterocycles. The molecule has 0 bridgehead atoms. The number of hydrogen-bond donors (Lipinski definition) is 2. The second-order valence-corrected chi connectivity index (χ2v) is 7.90. The standard InChI is InChI=1S/C23H22O5/c1-12(2)5-6-13-15(24)11-18-20(21(13)25)22(26)19-14-9-10-23(3,4)28-16(14)7-8-17(19)27-18/h5,7-11,24-25H,6H2,1-4H3. The lowest BCUT2D eigenvalue weighted by Gasteiger charge is -2.28. The first kappa shape index (κ1) is 18.2. The third-order valence-corrected chi connectivity index (χ3v) is 4.93. The number of fused-ring (bicyclic) bond motifs is 4. The summed E-state index contributed by atoms with van der Waals surface area (Å²) in [6.07, 6.45) is 5.93. The van der Waals surface area contributed by atoms with Gasteiger partial charge in [-0.25, -0.2) is 0 Å². The Labute approximate surface area is 162 Å². The van der Waals surface area contributed by atoms with Gasteiger partial charge in [-0.2, -0.15) is 0 Å². The van der Waals surface area contributed by atoms with Crippen LogP contribution in [0.3, 0.4) is 0 Å². The van der Waals surface area contributed by atoms with Crippen molar-refractivity contribution in [2.45, 2.75) is 39.7 Å². The summed E-state index contributed by atoms with van der Waals surface area (Å²) < 4.78 is 11.8. The number of phenols is 2. The van der Waals surface area contributed by atoms with Crippen LogP contribution in [0.4, 0.5) is 0 Å². The van der Waals surface area contributed by atoms with Crippen LogP contribution in [0.5, 0.6) is 17.2 Å². The Hall–Kier alpha value is -3.21. The highest BCUT2D eigenvalue weighted by Crippen LogP contribution is 2.39. The molecule has 2 N–H and O–H groups in total. The van der Waals surface area contributed by atoms with Crippen LogP contribution in [0.1, 0.15) is 38.8 Å². The van der Waals surface area contributed by atoms with Gasteiger partial charge < -0.3 is 19.4 Å². The van der Waals surface area contributed by atoms with E-state index in [0.717, 1.165) is 5.57 Å². The summed E-state index contributed by atoms with van der Waals surface area (Å²) >= 11 is 0. The average molecular weight is 378 g/mol. The van der Waals surface area contributed by atoms with Gasteiger partial charge >= 0.3 is 0 Å². The van der Waals surface area contributed by atoms with Gasteiger partial charge in [-0.3, -0.25) is 4.79 Å². The van der Waals surface area contributed by atoms with E-state index in [9.17, 15) is 15.0 Å². The van der Waals surface area contributed by atoms with Crippen LogP contribution in [-0.4, -0.2) is 15.8 Å². The van der Waals surface area contributed by atoms with Gasteiger partial charge in [-0.05, 0) is 52.3 Å². The summed E-state index contributed by atoms with van der Waals surface area (Å²) in [5.41, 5.74) is 1.68. The van der Waals surface area contributed by atoms with Gasteiger partial charge in [-0.15, -0.1) is 0 Å². The number of benzene rings is 2. The molecule has 0 spiro atoms. The molecular weight excluding hydrogens is 356 g/mol. The van der Waals surface area contributed by atoms with Crippen molar-refractivity contribution in [3.05, 3.63) is 57.3 Å². The molecule has 2 aromatic carbocycles. The van der Waals surface area contributed by atoms with Crippen molar-refractivity contribution >= 4 is 28.0 Å². The maximum atomic E-state index is 13.3. The Kier molecular flexibility index (Phi) is 4.00. The van der Waals surface area contributed by atoms with E-state index < -0.39 is 5.60 Å². The van der Waals surface area contributed by atoms with E-state index >= 15 is 0 Å². The van der Waals surface area contributed by atoms with Gasteiger partial charge in [0.05, 0.1) is 5.39 Å². The minimum absolute atomic E-state index is 0.0640. The summed E-state index contributed by atoms with van der Waals surface area (Å²) in [6.45, 7) is 7.72. The lowest BCUT2D eigenvalue weighted by atomic mass is 9.97. The van der Waals surface area contributed by atoms with E-state index in [-0.39, 0.29) is 27.9 Å².